The highest BCUT2D eigenvalue weighted by Gasteiger charge is 2.25. The van der Waals surface area contributed by atoms with Crippen LogP contribution in [0.4, 0.5) is 34.1 Å². The summed E-state index contributed by atoms with van der Waals surface area (Å²) in [7, 11) is -4.43. The first-order valence-electron chi connectivity index (χ1n) is 19.6. The van der Waals surface area contributed by atoms with Gasteiger partial charge in [0.2, 0.25) is 0 Å². The minimum atomic E-state index is -3.79. The summed E-state index contributed by atoms with van der Waals surface area (Å²) in [5.41, 5.74) is 8.69. The van der Waals surface area contributed by atoms with Crippen LogP contribution in [0.3, 0.4) is 0 Å². The maximum Gasteiger partial charge on any atom is 0.294 e. The van der Waals surface area contributed by atoms with Crippen LogP contribution >= 0.6 is 0 Å². The Bertz CT molecular complexity index is 2090. The van der Waals surface area contributed by atoms with Gasteiger partial charge in [-0.15, -0.1) is 0 Å². The third kappa shape index (κ3) is 11.2. The SMILES string of the molecule is CN(c1ccc(NCCC2CCCCC2)c(N)c1)S(=O)(=O)c1ccccc1.CN(c1ccc(NCCC2CCCCC2)c([N+](=O)[O-])c1)S(=O)(=O)c1ccccc1. The van der Waals surface area contributed by atoms with Crippen molar-refractivity contribution in [3.05, 3.63) is 107 Å². The van der Waals surface area contributed by atoms with E-state index in [-0.39, 0.29) is 21.2 Å². The van der Waals surface area contributed by atoms with E-state index in [2.05, 4.69) is 10.6 Å². The second-order valence-electron chi connectivity index (χ2n) is 14.7. The lowest BCUT2D eigenvalue weighted by molar-refractivity contribution is -0.383. The number of nitrogen functional groups attached to an aromatic ring is 1. The van der Waals surface area contributed by atoms with E-state index in [1.54, 1.807) is 79.8 Å². The lowest BCUT2D eigenvalue weighted by Crippen LogP contribution is -2.26. The van der Waals surface area contributed by atoms with Crippen LogP contribution in [0.1, 0.15) is 77.0 Å². The van der Waals surface area contributed by atoms with Gasteiger partial charge >= 0.3 is 0 Å². The first kappa shape index (κ1) is 42.3. The number of nitrogens with one attached hydrogen (secondary N) is 2. The van der Waals surface area contributed by atoms with Gasteiger partial charge < -0.3 is 16.4 Å². The molecule has 0 atom stereocenters. The first-order valence-corrected chi connectivity index (χ1v) is 22.5. The molecule has 2 aliphatic carbocycles. The van der Waals surface area contributed by atoms with Crippen molar-refractivity contribution in [2.45, 2.75) is 86.8 Å². The summed E-state index contributed by atoms with van der Waals surface area (Å²) in [6.07, 6.45) is 15.2. The summed E-state index contributed by atoms with van der Waals surface area (Å²) in [5.74, 6) is 1.49. The molecule has 0 saturated heterocycles. The van der Waals surface area contributed by atoms with Crippen molar-refractivity contribution in [2.24, 2.45) is 11.8 Å². The Kier molecular flexibility index (Phi) is 15.0. The molecule has 56 heavy (non-hydrogen) atoms. The number of hydrogen-bond donors (Lipinski definition) is 3. The minimum absolute atomic E-state index is 0.124. The Hall–Kier alpha value is -4.82. The Morgan fingerprint density at radius 3 is 1.46 bits per heavy atom. The van der Waals surface area contributed by atoms with Gasteiger partial charge in [0.25, 0.3) is 25.7 Å². The van der Waals surface area contributed by atoms with Crippen LogP contribution in [0.25, 0.3) is 0 Å². The van der Waals surface area contributed by atoms with E-state index in [0.717, 1.165) is 35.3 Å². The predicted octanol–water partition coefficient (Wildman–Crippen LogP) is 9.28. The number of nitro benzene ring substituents is 1. The largest absolute Gasteiger partial charge is 0.397 e. The number of rotatable bonds is 15. The fraction of sp³-hybridized carbons (Fsp3) is 0.429. The summed E-state index contributed by atoms with van der Waals surface area (Å²) in [6, 6.07) is 26.3. The van der Waals surface area contributed by atoms with Crippen LogP contribution < -0.4 is 25.0 Å². The molecule has 0 radical (unpaired) electrons. The highest BCUT2D eigenvalue weighted by Crippen LogP contribution is 2.33. The topological polar surface area (TPSA) is 168 Å². The fourth-order valence-corrected chi connectivity index (χ4v) is 9.89. The molecule has 2 saturated carbocycles. The van der Waals surface area contributed by atoms with E-state index in [9.17, 15) is 26.9 Å². The molecule has 12 nitrogen and oxygen atoms in total. The van der Waals surface area contributed by atoms with E-state index >= 15 is 0 Å². The molecule has 4 aromatic carbocycles. The molecule has 0 spiro atoms. The standard InChI is InChI=1S/C21H27N3O4S.C21H29N3O2S/c1-23(29(27,28)19-10-6-3-7-11-19)18-12-13-20(21(16-18)24(25)26)22-15-14-17-8-4-2-5-9-17;1-24(27(25,26)19-10-6-3-7-11-19)18-12-13-21(20(22)16-18)23-15-14-17-8-4-2-5-9-17/h3,6-7,10-13,16-17,22H,2,4-5,8-9,14-15H2,1H3;3,6-7,10-13,16-17,23H,2,4-5,8-9,14-15,22H2,1H3. The number of hydrogen-bond acceptors (Lipinski definition) is 9. The maximum atomic E-state index is 12.8. The molecule has 0 amide bonds. The van der Waals surface area contributed by atoms with Crippen LogP contribution in [0.5, 0.6) is 0 Å². The zero-order valence-corrected chi connectivity index (χ0v) is 34.1. The summed E-state index contributed by atoms with van der Waals surface area (Å²) >= 11 is 0. The Morgan fingerprint density at radius 1 is 0.625 bits per heavy atom. The van der Waals surface area contributed by atoms with Crippen LogP contribution in [0.15, 0.2) is 107 Å². The van der Waals surface area contributed by atoms with Gasteiger partial charge in [0.1, 0.15) is 5.69 Å². The molecular formula is C42H56N6O6S2. The Balaban J connectivity index is 0.000000215. The number of sulfonamides is 2. The molecule has 14 heteroatoms. The minimum Gasteiger partial charge on any atom is -0.397 e. The van der Waals surface area contributed by atoms with Crippen molar-refractivity contribution < 1.29 is 21.8 Å². The molecule has 0 unspecified atom stereocenters. The van der Waals surface area contributed by atoms with Crippen molar-refractivity contribution in [1.29, 1.82) is 0 Å². The summed E-state index contributed by atoms with van der Waals surface area (Å²) in [4.78, 5) is 11.5. The third-order valence-corrected chi connectivity index (χ3v) is 14.5. The monoisotopic (exact) mass is 804 g/mol. The van der Waals surface area contributed by atoms with Crippen molar-refractivity contribution in [3.8, 4) is 0 Å². The number of anilines is 5. The molecule has 302 valence electrons. The van der Waals surface area contributed by atoms with Crippen molar-refractivity contribution in [3.63, 3.8) is 0 Å². The summed E-state index contributed by atoms with van der Waals surface area (Å²) in [6.45, 7) is 1.56. The highest BCUT2D eigenvalue weighted by molar-refractivity contribution is 7.93. The molecule has 0 bridgehead atoms. The van der Waals surface area contributed by atoms with Crippen LogP contribution in [-0.4, -0.2) is 48.9 Å². The average molecular weight is 805 g/mol. The van der Waals surface area contributed by atoms with Gasteiger partial charge in [-0.1, -0.05) is 101 Å². The van der Waals surface area contributed by atoms with Gasteiger partial charge in [-0.2, -0.15) is 0 Å². The zero-order chi connectivity index (χ0) is 40.1. The predicted molar refractivity (Wildman–Crippen MR) is 227 cm³/mol. The molecule has 0 aromatic heterocycles. The fourth-order valence-electron chi connectivity index (χ4n) is 7.48. The number of benzene rings is 4. The molecule has 0 aliphatic heterocycles. The van der Waals surface area contributed by atoms with Crippen molar-refractivity contribution >= 4 is 54.2 Å². The number of nitro groups is 1. The first-order chi connectivity index (χ1) is 26.9. The van der Waals surface area contributed by atoms with E-state index in [1.165, 1.54) is 93.8 Å². The lowest BCUT2D eigenvalue weighted by Gasteiger charge is -2.23. The quantitative estimate of drug-likeness (QED) is 0.0603. The van der Waals surface area contributed by atoms with Gasteiger partial charge in [-0.3, -0.25) is 18.7 Å². The molecular weight excluding hydrogens is 749 g/mol. The Morgan fingerprint density at radius 2 is 1.04 bits per heavy atom. The van der Waals surface area contributed by atoms with Gasteiger partial charge in [0.15, 0.2) is 0 Å². The van der Waals surface area contributed by atoms with Gasteiger partial charge in [-0.25, -0.2) is 16.8 Å². The van der Waals surface area contributed by atoms with E-state index in [0.29, 0.717) is 29.5 Å². The van der Waals surface area contributed by atoms with Crippen LogP contribution in [0, 0.1) is 22.0 Å². The molecule has 2 fully saturated rings. The number of nitrogens with two attached hydrogens (primary N) is 1. The molecule has 4 aromatic rings. The maximum absolute atomic E-state index is 12.8. The van der Waals surface area contributed by atoms with E-state index in [1.807, 2.05) is 6.07 Å². The van der Waals surface area contributed by atoms with Crippen molar-refractivity contribution in [1.82, 2.24) is 0 Å². The van der Waals surface area contributed by atoms with Crippen LogP contribution in [0.2, 0.25) is 0 Å². The average Bonchev–Trinajstić information content (AvgIpc) is 3.22. The summed E-state index contributed by atoms with van der Waals surface area (Å²) < 4.78 is 53.4. The van der Waals surface area contributed by atoms with E-state index < -0.39 is 25.0 Å². The zero-order valence-electron chi connectivity index (χ0n) is 32.5. The van der Waals surface area contributed by atoms with Gasteiger partial charge in [0.05, 0.1) is 37.5 Å². The van der Waals surface area contributed by atoms with Gasteiger partial charge in [-0.05, 0) is 79.3 Å². The van der Waals surface area contributed by atoms with E-state index in [4.69, 9.17) is 5.73 Å². The van der Waals surface area contributed by atoms with Crippen LogP contribution in [-0.2, 0) is 20.0 Å². The van der Waals surface area contributed by atoms with Gasteiger partial charge in [0, 0.05) is 33.3 Å². The molecule has 2 aliphatic rings. The lowest BCUT2D eigenvalue weighted by atomic mass is 9.87. The smallest absolute Gasteiger partial charge is 0.294 e. The second-order valence-corrected chi connectivity index (χ2v) is 18.7. The third-order valence-electron chi connectivity index (χ3n) is 10.9. The molecule has 0 heterocycles. The highest BCUT2D eigenvalue weighted by atomic mass is 32.2. The number of nitrogens with zero attached hydrogens (tertiary/aromatic N) is 3. The molecule has 6 rings (SSSR count). The Labute approximate surface area is 332 Å². The normalized spacial score (nSPS) is 15.2. The summed E-state index contributed by atoms with van der Waals surface area (Å²) in [5, 5.41) is 18.2. The molecule has 4 N–H and O–H groups in total. The van der Waals surface area contributed by atoms with Crippen molar-refractivity contribution in [2.75, 3.05) is 52.2 Å². The second kappa shape index (κ2) is 19.9.